The highest BCUT2D eigenvalue weighted by molar-refractivity contribution is 5.98. The van der Waals surface area contributed by atoms with Crippen molar-refractivity contribution in [1.82, 2.24) is 9.91 Å². The molecule has 126 valence electrons. The minimum Gasteiger partial charge on any atom is -0.497 e. The van der Waals surface area contributed by atoms with Gasteiger partial charge in [0.1, 0.15) is 5.75 Å². The van der Waals surface area contributed by atoms with Gasteiger partial charge in [0.05, 0.1) is 12.8 Å². The average molecular weight is 323 g/mol. The molecule has 0 aliphatic carbocycles. The number of methoxy groups -OCH3 is 1. The molecule has 0 radical (unpaired) electrons. The third-order valence-electron chi connectivity index (χ3n) is 4.40. The summed E-state index contributed by atoms with van der Waals surface area (Å²) in [6, 6.07) is 18.7. The van der Waals surface area contributed by atoms with Gasteiger partial charge in [0, 0.05) is 32.7 Å². The van der Waals surface area contributed by atoms with Crippen LogP contribution in [0.3, 0.4) is 0 Å². The van der Waals surface area contributed by atoms with Gasteiger partial charge in [-0.3, -0.25) is 9.91 Å². The van der Waals surface area contributed by atoms with E-state index in [0.717, 1.165) is 49.7 Å². The van der Waals surface area contributed by atoms with Crippen LogP contribution in [0.5, 0.6) is 5.75 Å². The van der Waals surface area contributed by atoms with Crippen molar-refractivity contribution < 1.29 is 4.74 Å². The van der Waals surface area contributed by atoms with Gasteiger partial charge in [-0.05, 0) is 42.3 Å². The summed E-state index contributed by atoms with van der Waals surface area (Å²) in [6.45, 7) is 7.14. The lowest BCUT2D eigenvalue weighted by atomic mass is 10.1. The second-order valence-corrected chi connectivity index (χ2v) is 6.13. The van der Waals surface area contributed by atoms with Crippen LogP contribution in [-0.4, -0.2) is 48.9 Å². The van der Waals surface area contributed by atoms with E-state index in [9.17, 15) is 0 Å². The molecule has 0 atom stereocenters. The SMILES string of the molecule is COc1ccc(C(C)=NN2CCN(Cc3ccccc3)CC2)cc1. The van der Waals surface area contributed by atoms with Gasteiger partial charge in [0.25, 0.3) is 0 Å². The zero-order valence-electron chi connectivity index (χ0n) is 14.5. The molecule has 0 spiro atoms. The van der Waals surface area contributed by atoms with E-state index >= 15 is 0 Å². The monoisotopic (exact) mass is 323 g/mol. The molecule has 0 aromatic heterocycles. The van der Waals surface area contributed by atoms with Gasteiger partial charge in [-0.15, -0.1) is 0 Å². The largest absolute Gasteiger partial charge is 0.497 e. The highest BCUT2D eigenvalue weighted by Crippen LogP contribution is 2.13. The Kier molecular flexibility index (Phi) is 5.49. The minimum absolute atomic E-state index is 0.876. The fourth-order valence-electron chi connectivity index (χ4n) is 2.94. The minimum atomic E-state index is 0.876. The van der Waals surface area contributed by atoms with Gasteiger partial charge in [0.2, 0.25) is 0 Å². The molecule has 4 nitrogen and oxygen atoms in total. The quantitative estimate of drug-likeness (QED) is 0.791. The fraction of sp³-hybridized carbons (Fsp3) is 0.350. The van der Waals surface area contributed by atoms with E-state index < -0.39 is 0 Å². The van der Waals surface area contributed by atoms with Crippen LogP contribution in [0.2, 0.25) is 0 Å². The molecule has 0 saturated carbocycles. The molecule has 2 aromatic rings. The molecule has 4 heteroatoms. The van der Waals surface area contributed by atoms with Crippen molar-refractivity contribution in [1.29, 1.82) is 0 Å². The predicted octanol–water partition coefficient (Wildman–Crippen LogP) is 3.24. The van der Waals surface area contributed by atoms with Gasteiger partial charge in [-0.2, -0.15) is 5.10 Å². The van der Waals surface area contributed by atoms with Crippen molar-refractivity contribution in [3.05, 3.63) is 65.7 Å². The predicted molar refractivity (Wildman–Crippen MR) is 98.5 cm³/mol. The summed E-state index contributed by atoms with van der Waals surface area (Å²) >= 11 is 0. The summed E-state index contributed by atoms with van der Waals surface area (Å²) in [5.41, 5.74) is 3.57. The van der Waals surface area contributed by atoms with Crippen LogP contribution in [0.4, 0.5) is 0 Å². The van der Waals surface area contributed by atoms with E-state index in [0.29, 0.717) is 0 Å². The Labute approximate surface area is 144 Å². The Hall–Kier alpha value is -2.33. The van der Waals surface area contributed by atoms with Crippen LogP contribution in [0.25, 0.3) is 0 Å². The first kappa shape index (κ1) is 16.5. The van der Waals surface area contributed by atoms with Crippen molar-refractivity contribution >= 4 is 5.71 Å². The molecule has 1 saturated heterocycles. The Morgan fingerprint density at radius 1 is 0.958 bits per heavy atom. The Bertz CT molecular complexity index is 659. The zero-order valence-corrected chi connectivity index (χ0v) is 14.5. The summed E-state index contributed by atoms with van der Waals surface area (Å²) in [4.78, 5) is 2.49. The van der Waals surface area contributed by atoms with Crippen LogP contribution in [0.15, 0.2) is 59.7 Å². The van der Waals surface area contributed by atoms with E-state index in [-0.39, 0.29) is 0 Å². The molecule has 0 N–H and O–H groups in total. The molecule has 1 heterocycles. The van der Waals surface area contributed by atoms with E-state index in [2.05, 4.69) is 59.3 Å². The van der Waals surface area contributed by atoms with Crippen LogP contribution in [0.1, 0.15) is 18.1 Å². The summed E-state index contributed by atoms with van der Waals surface area (Å²) in [5, 5.41) is 6.97. The third-order valence-corrected chi connectivity index (χ3v) is 4.40. The fourth-order valence-corrected chi connectivity index (χ4v) is 2.94. The summed E-state index contributed by atoms with van der Waals surface area (Å²) in [6.07, 6.45) is 0. The first-order valence-corrected chi connectivity index (χ1v) is 8.45. The first-order chi connectivity index (χ1) is 11.7. The van der Waals surface area contributed by atoms with Gasteiger partial charge >= 0.3 is 0 Å². The topological polar surface area (TPSA) is 28.1 Å². The second kappa shape index (κ2) is 7.97. The number of nitrogens with zero attached hydrogens (tertiary/aromatic N) is 3. The number of ether oxygens (including phenoxy) is 1. The molecule has 0 amide bonds. The summed E-state index contributed by atoms with van der Waals surface area (Å²) in [5.74, 6) is 0.876. The zero-order chi connectivity index (χ0) is 16.8. The first-order valence-electron chi connectivity index (χ1n) is 8.45. The molecule has 2 aromatic carbocycles. The maximum Gasteiger partial charge on any atom is 0.118 e. The molecule has 0 bridgehead atoms. The lowest BCUT2D eigenvalue weighted by Gasteiger charge is -2.33. The molecule has 3 rings (SSSR count). The highest BCUT2D eigenvalue weighted by Gasteiger charge is 2.16. The van der Waals surface area contributed by atoms with Crippen molar-refractivity contribution in [2.45, 2.75) is 13.5 Å². The van der Waals surface area contributed by atoms with Crippen LogP contribution < -0.4 is 4.74 Å². The molecule has 24 heavy (non-hydrogen) atoms. The molecule has 0 unspecified atom stereocenters. The van der Waals surface area contributed by atoms with Crippen molar-refractivity contribution in [2.24, 2.45) is 5.10 Å². The van der Waals surface area contributed by atoms with Gasteiger partial charge < -0.3 is 4.74 Å². The standard InChI is InChI=1S/C20H25N3O/c1-17(19-8-10-20(24-2)11-9-19)21-23-14-12-22(13-15-23)16-18-6-4-3-5-7-18/h3-11H,12-16H2,1-2H3. The smallest absolute Gasteiger partial charge is 0.118 e. The summed E-state index contributed by atoms with van der Waals surface area (Å²) < 4.78 is 5.20. The Morgan fingerprint density at radius 3 is 2.25 bits per heavy atom. The lowest BCUT2D eigenvalue weighted by Crippen LogP contribution is -2.43. The van der Waals surface area contributed by atoms with E-state index in [1.807, 2.05) is 12.1 Å². The molecular weight excluding hydrogens is 298 g/mol. The van der Waals surface area contributed by atoms with Crippen LogP contribution in [-0.2, 0) is 6.54 Å². The summed E-state index contributed by atoms with van der Waals surface area (Å²) in [7, 11) is 1.69. The molecule has 1 fully saturated rings. The number of benzene rings is 2. The van der Waals surface area contributed by atoms with Crippen molar-refractivity contribution in [3.63, 3.8) is 0 Å². The maximum absolute atomic E-state index is 5.20. The van der Waals surface area contributed by atoms with Crippen LogP contribution >= 0.6 is 0 Å². The number of hydrogen-bond donors (Lipinski definition) is 0. The molecule has 1 aliphatic rings. The lowest BCUT2D eigenvalue weighted by molar-refractivity contribution is 0.130. The van der Waals surface area contributed by atoms with Crippen LogP contribution in [0, 0.1) is 0 Å². The van der Waals surface area contributed by atoms with E-state index in [4.69, 9.17) is 9.84 Å². The van der Waals surface area contributed by atoms with E-state index in [1.54, 1.807) is 7.11 Å². The van der Waals surface area contributed by atoms with Crippen molar-refractivity contribution in [2.75, 3.05) is 33.3 Å². The number of hydrogen-bond acceptors (Lipinski definition) is 4. The third kappa shape index (κ3) is 4.36. The average Bonchev–Trinajstić information content (AvgIpc) is 2.64. The number of rotatable bonds is 5. The van der Waals surface area contributed by atoms with Gasteiger partial charge in [-0.25, -0.2) is 0 Å². The molecule has 1 aliphatic heterocycles. The Morgan fingerprint density at radius 2 is 1.62 bits per heavy atom. The van der Waals surface area contributed by atoms with Gasteiger partial charge in [0.15, 0.2) is 0 Å². The second-order valence-electron chi connectivity index (χ2n) is 6.13. The number of hydrazone groups is 1. The maximum atomic E-state index is 5.20. The normalized spacial score (nSPS) is 16.2. The van der Waals surface area contributed by atoms with Crippen molar-refractivity contribution in [3.8, 4) is 5.75 Å². The molecular formula is C20H25N3O. The van der Waals surface area contributed by atoms with Gasteiger partial charge in [-0.1, -0.05) is 30.3 Å². The van der Waals surface area contributed by atoms with E-state index in [1.165, 1.54) is 5.56 Å². The number of piperazine rings is 1. The Balaban J connectivity index is 1.54. The highest BCUT2D eigenvalue weighted by atomic mass is 16.5.